The summed E-state index contributed by atoms with van der Waals surface area (Å²) < 4.78 is 5.46. The average Bonchev–Trinajstić information content (AvgIpc) is 2.46. The number of ether oxygens (including phenoxy) is 1. The molecule has 0 saturated heterocycles. The molecular weight excluding hydrogens is 226 g/mol. The number of rotatable bonds is 4. The molecule has 3 nitrogen and oxygen atoms in total. The predicted octanol–water partition coefficient (Wildman–Crippen LogP) is 2.67. The van der Waals surface area contributed by atoms with E-state index in [9.17, 15) is 5.11 Å². The van der Waals surface area contributed by atoms with Gasteiger partial charge in [0.05, 0.1) is 11.6 Å². The van der Waals surface area contributed by atoms with Gasteiger partial charge in [-0.15, -0.1) is 0 Å². The van der Waals surface area contributed by atoms with Gasteiger partial charge in [-0.2, -0.15) is 5.26 Å². The van der Waals surface area contributed by atoms with Crippen LogP contribution < -0.4 is 4.74 Å². The Balaban J connectivity index is 1.93. The minimum Gasteiger partial charge on any atom is -0.491 e. The first kappa shape index (κ1) is 12.2. The number of benzene rings is 2. The first-order valence-electron chi connectivity index (χ1n) is 5.65. The molecule has 0 radical (unpaired) electrons. The van der Waals surface area contributed by atoms with E-state index in [0.29, 0.717) is 11.3 Å². The molecule has 0 saturated carbocycles. The van der Waals surface area contributed by atoms with Crippen LogP contribution in [-0.4, -0.2) is 11.7 Å². The van der Waals surface area contributed by atoms with Crippen molar-refractivity contribution in [2.24, 2.45) is 0 Å². The van der Waals surface area contributed by atoms with Crippen LogP contribution in [0.4, 0.5) is 0 Å². The number of hydrogen-bond acceptors (Lipinski definition) is 3. The summed E-state index contributed by atoms with van der Waals surface area (Å²) in [6, 6.07) is 18.2. The molecule has 2 aromatic rings. The Kier molecular flexibility index (Phi) is 3.95. The van der Waals surface area contributed by atoms with E-state index < -0.39 is 6.10 Å². The third-order valence-corrected chi connectivity index (χ3v) is 2.58. The quantitative estimate of drug-likeness (QED) is 0.892. The Morgan fingerprint density at radius 1 is 1.06 bits per heavy atom. The summed E-state index contributed by atoms with van der Waals surface area (Å²) >= 11 is 0. The summed E-state index contributed by atoms with van der Waals surface area (Å²) in [6.07, 6.45) is -0.651. The van der Waals surface area contributed by atoms with Crippen LogP contribution in [0.25, 0.3) is 0 Å². The highest BCUT2D eigenvalue weighted by Crippen LogP contribution is 2.16. The summed E-state index contributed by atoms with van der Waals surface area (Å²) in [5.74, 6) is 0.643. The fraction of sp³-hybridized carbons (Fsp3) is 0.133. The fourth-order valence-corrected chi connectivity index (χ4v) is 1.57. The summed E-state index contributed by atoms with van der Waals surface area (Å²) in [6.45, 7) is 0.190. The monoisotopic (exact) mass is 239 g/mol. The average molecular weight is 239 g/mol. The SMILES string of the molecule is N#Cc1ccc(OC[C@H](O)c2ccccc2)cc1. The van der Waals surface area contributed by atoms with E-state index in [1.54, 1.807) is 24.3 Å². The summed E-state index contributed by atoms with van der Waals surface area (Å²) in [7, 11) is 0. The molecule has 0 amide bonds. The normalized spacial score (nSPS) is 11.6. The molecule has 0 heterocycles. The van der Waals surface area contributed by atoms with E-state index in [0.717, 1.165) is 5.56 Å². The molecule has 90 valence electrons. The molecule has 0 aliphatic rings. The Labute approximate surface area is 106 Å². The van der Waals surface area contributed by atoms with Gasteiger partial charge in [0, 0.05) is 0 Å². The summed E-state index contributed by atoms with van der Waals surface area (Å²) in [5, 5.41) is 18.6. The van der Waals surface area contributed by atoms with Crippen molar-refractivity contribution in [3.8, 4) is 11.8 Å². The molecular formula is C15H13NO2. The lowest BCUT2D eigenvalue weighted by molar-refractivity contribution is 0.108. The van der Waals surface area contributed by atoms with E-state index in [1.807, 2.05) is 36.4 Å². The predicted molar refractivity (Wildman–Crippen MR) is 68.1 cm³/mol. The highest BCUT2D eigenvalue weighted by molar-refractivity contribution is 5.34. The van der Waals surface area contributed by atoms with Gasteiger partial charge >= 0.3 is 0 Å². The highest BCUT2D eigenvalue weighted by Gasteiger charge is 2.07. The zero-order valence-electron chi connectivity index (χ0n) is 9.78. The first-order chi connectivity index (χ1) is 8.79. The number of hydrogen-bond donors (Lipinski definition) is 1. The van der Waals surface area contributed by atoms with Crippen molar-refractivity contribution >= 4 is 0 Å². The molecule has 0 fully saturated rings. The number of nitrogens with zero attached hydrogens (tertiary/aromatic N) is 1. The van der Waals surface area contributed by atoms with Gasteiger partial charge in [0.1, 0.15) is 18.5 Å². The van der Waals surface area contributed by atoms with Crippen LogP contribution in [0.3, 0.4) is 0 Å². The van der Waals surface area contributed by atoms with Gasteiger partial charge in [0.15, 0.2) is 0 Å². The highest BCUT2D eigenvalue weighted by atomic mass is 16.5. The topological polar surface area (TPSA) is 53.2 Å². The van der Waals surface area contributed by atoms with Gasteiger partial charge in [-0.1, -0.05) is 30.3 Å². The second-order valence-electron chi connectivity index (χ2n) is 3.87. The van der Waals surface area contributed by atoms with Crippen molar-refractivity contribution in [2.45, 2.75) is 6.10 Å². The smallest absolute Gasteiger partial charge is 0.119 e. The Morgan fingerprint density at radius 2 is 1.72 bits per heavy atom. The van der Waals surface area contributed by atoms with Crippen LogP contribution in [0.5, 0.6) is 5.75 Å². The second kappa shape index (κ2) is 5.85. The number of aliphatic hydroxyl groups is 1. The lowest BCUT2D eigenvalue weighted by atomic mass is 10.1. The zero-order valence-corrected chi connectivity index (χ0v) is 9.78. The third kappa shape index (κ3) is 3.09. The number of aliphatic hydroxyl groups excluding tert-OH is 1. The first-order valence-corrected chi connectivity index (χ1v) is 5.65. The molecule has 18 heavy (non-hydrogen) atoms. The molecule has 0 unspecified atom stereocenters. The maximum Gasteiger partial charge on any atom is 0.119 e. The van der Waals surface area contributed by atoms with Gasteiger partial charge in [-0.05, 0) is 29.8 Å². The minimum atomic E-state index is -0.651. The van der Waals surface area contributed by atoms with E-state index in [1.165, 1.54) is 0 Å². The molecule has 0 aromatic heterocycles. The maximum absolute atomic E-state index is 9.91. The van der Waals surface area contributed by atoms with Crippen LogP contribution in [0.1, 0.15) is 17.2 Å². The van der Waals surface area contributed by atoms with Crippen molar-refractivity contribution in [1.82, 2.24) is 0 Å². The van der Waals surface area contributed by atoms with Crippen LogP contribution in [0.2, 0.25) is 0 Å². The Morgan fingerprint density at radius 3 is 2.33 bits per heavy atom. The lowest BCUT2D eigenvalue weighted by Gasteiger charge is -2.12. The maximum atomic E-state index is 9.91. The van der Waals surface area contributed by atoms with Gasteiger partial charge in [-0.3, -0.25) is 0 Å². The molecule has 0 aliphatic carbocycles. The van der Waals surface area contributed by atoms with E-state index in [4.69, 9.17) is 10.00 Å². The van der Waals surface area contributed by atoms with E-state index >= 15 is 0 Å². The largest absolute Gasteiger partial charge is 0.491 e. The molecule has 2 rings (SSSR count). The second-order valence-corrected chi connectivity index (χ2v) is 3.87. The van der Waals surface area contributed by atoms with E-state index in [-0.39, 0.29) is 6.61 Å². The fourth-order valence-electron chi connectivity index (χ4n) is 1.57. The van der Waals surface area contributed by atoms with Gasteiger partial charge in [0.2, 0.25) is 0 Å². The Hall–Kier alpha value is -2.31. The van der Waals surface area contributed by atoms with Gasteiger partial charge in [0.25, 0.3) is 0 Å². The third-order valence-electron chi connectivity index (χ3n) is 2.58. The van der Waals surface area contributed by atoms with Gasteiger partial charge in [-0.25, -0.2) is 0 Å². The van der Waals surface area contributed by atoms with Crippen molar-refractivity contribution in [2.75, 3.05) is 6.61 Å². The molecule has 3 heteroatoms. The zero-order chi connectivity index (χ0) is 12.8. The summed E-state index contributed by atoms with van der Waals surface area (Å²) in [5.41, 5.74) is 1.41. The minimum absolute atomic E-state index is 0.190. The van der Waals surface area contributed by atoms with Crippen LogP contribution >= 0.6 is 0 Å². The van der Waals surface area contributed by atoms with Gasteiger partial charge < -0.3 is 9.84 Å². The molecule has 1 atom stereocenters. The standard InChI is InChI=1S/C15H13NO2/c16-10-12-6-8-14(9-7-12)18-11-15(17)13-4-2-1-3-5-13/h1-9,15,17H,11H2/t15-/m0/s1. The molecule has 0 bridgehead atoms. The summed E-state index contributed by atoms with van der Waals surface area (Å²) in [4.78, 5) is 0. The molecule has 2 aromatic carbocycles. The van der Waals surface area contributed by atoms with Crippen molar-refractivity contribution in [1.29, 1.82) is 5.26 Å². The van der Waals surface area contributed by atoms with Crippen molar-refractivity contribution < 1.29 is 9.84 Å². The lowest BCUT2D eigenvalue weighted by Crippen LogP contribution is -2.09. The molecule has 0 aliphatic heterocycles. The number of nitriles is 1. The van der Waals surface area contributed by atoms with Crippen LogP contribution in [0.15, 0.2) is 54.6 Å². The molecule has 0 spiro atoms. The van der Waals surface area contributed by atoms with Crippen LogP contribution in [-0.2, 0) is 0 Å². The van der Waals surface area contributed by atoms with Crippen molar-refractivity contribution in [3.05, 3.63) is 65.7 Å². The van der Waals surface area contributed by atoms with Crippen molar-refractivity contribution in [3.63, 3.8) is 0 Å². The Bertz CT molecular complexity index is 529. The van der Waals surface area contributed by atoms with Crippen LogP contribution in [0, 0.1) is 11.3 Å². The molecule has 1 N–H and O–H groups in total. The van der Waals surface area contributed by atoms with E-state index in [2.05, 4.69) is 0 Å².